The van der Waals surface area contributed by atoms with Crippen LogP contribution in [0.4, 0.5) is 0 Å². The minimum atomic E-state index is -0.810. The molecule has 2 aromatic heterocycles. The second-order valence-corrected chi connectivity index (χ2v) is 5.75. The highest BCUT2D eigenvalue weighted by molar-refractivity contribution is 5.86. The maximum atomic E-state index is 12.0. The summed E-state index contributed by atoms with van der Waals surface area (Å²) in [6.45, 7) is 0.430. The predicted molar refractivity (Wildman–Crippen MR) is 93.9 cm³/mol. The van der Waals surface area contributed by atoms with Gasteiger partial charge in [0.1, 0.15) is 6.61 Å². The van der Waals surface area contributed by atoms with Crippen LogP contribution >= 0.6 is 0 Å². The number of aliphatic hydroxyl groups excluding tert-OH is 1. The Labute approximate surface area is 148 Å². The third kappa shape index (κ3) is 3.91. The Kier molecular flexibility index (Phi) is 5.32. The summed E-state index contributed by atoms with van der Waals surface area (Å²) in [4.78, 5) is 39.9. The number of nitrogens with zero attached hydrogens (tertiary/aromatic N) is 4. The van der Waals surface area contributed by atoms with Gasteiger partial charge in [0, 0.05) is 31.7 Å². The standard InChI is InChI=1S/C16H18N6O4/c17-5-11(6-19-10-2-4-22(8-10)14(24)9-23)26-16-20-13-7-18-3-1-12(13)15(25)21-16/h1,3,5-7,10-11,17,23H,2,4,8-9H2,(H,20,21,25). The second-order valence-electron chi connectivity index (χ2n) is 5.75. The Morgan fingerprint density at radius 1 is 1.62 bits per heavy atom. The van der Waals surface area contributed by atoms with Gasteiger partial charge in [0.15, 0.2) is 6.10 Å². The first kappa shape index (κ1) is 17.7. The van der Waals surface area contributed by atoms with Gasteiger partial charge in [-0.25, -0.2) is 0 Å². The quantitative estimate of drug-likeness (QED) is 0.587. The molecule has 136 valence electrons. The number of hydrogen-bond donors (Lipinski definition) is 3. The van der Waals surface area contributed by atoms with E-state index in [1.165, 1.54) is 23.5 Å². The summed E-state index contributed by atoms with van der Waals surface area (Å²) in [5, 5.41) is 16.7. The number of nitrogens with one attached hydrogen (secondary N) is 2. The van der Waals surface area contributed by atoms with E-state index >= 15 is 0 Å². The van der Waals surface area contributed by atoms with Crippen LogP contribution in [-0.2, 0) is 4.79 Å². The molecule has 26 heavy (non-hydrogen) atoms. The summed E-state index contributed by atoms with van der Waals surface area (Å²) < 4.78 is 5.50. The summed E-state index contributed by atoms with van der Waals surface area (Å²) in [7, 11) is 0. The van der Waals surface area contributed by atoms with Crippen molar-refractivity contribution in [2.24, 2.45) is 4.99 Å². The molecule has 10 heteroatoms. The minimum Gasteiger partial charge on any atom is -0.450 e. The van der Waals surface area contributed by atoms with Crippen LogP contribution in [0.1, 0.15) is 6.42 Å². The van der Waals surface area contributed by atoms with Gasteiger partial charge in [-0.1, -0.05) is 0 Å². The summed E-state index contributed by atoms with van der Waals surface area (Å²) >= 11 is 0. The van der Waals surface area contributed by atoms with Crippen molar-refractivity contribution < 1.29 is 14.6 Å². The van der Waals surface area contributed by atoms with E-state index < -0.39 is 12.7 Å². The number of rotatable bonds is 6. The molecule has 2 aromatic rings. The van der Waals surface area contributed by atoms with Crippen molar-refractivity contribution in [2.45, 2.75) is 18.6 Å². The number of fused-ring (bicyclic) bond motifs is 1. The van der Waals surface area contributed by atoms with Crippen molar-refractivity contribution in [2.75, 3.05) is 19.7 Å². The third-order valence-corrected chi connectivity index (χ3v) is 3.99. The third-order valence-electron chi connectivity index (χ3n) is 3.99. The number of pyridine rings is 1. The van der Waals surface area contributed by atoms with Gasteiger partial charge in [0.25, 0.3) is 11.6 Å². The number of likely N-dealkylation sites (tertiary alicyclic amines) is 1. The average Bonchev–Trinajstić information content (AvgIpc) is 3.13. The number of amides is 1. The number of aliphatic hydroxyl groups is 1. The lowest BCUT2D eigenvalue weighted by Gasteiger charge is -2.13. The summed E-state index contributed by atoms with van der Waals surface area (Å²) in [6, 6.07) is 1.41. The van der Waals surface area contributed by atoms with Crippen LogP contribution < -0.4 is 10.3 Å². The van der Waals surface area contributed by atoms with E-state index in [0.29, 0.717) is 30.4 Å². The average molecular weight is 358 g/mol. The Bertz CT molecular complexity index is 896. The monoisotopic (exact) mass is 358 g/mol. The number of carbonyl (C=O) groups excluding carboxylic acids is 1. The van der Waals surface area contributed by atoms with Crippen molar-refractivity contribution in [1.29, 1.82) is 5.41 Å². The van der Waals surface area contributed by atoms with Crippen molar-refractivity contribution in [3.8, 4) is 6.01 Å². The Hall–Kier alpha value is -3.14. The zero-order chi connectivity index (χ0) is 18.5. The fourth-order valence-electron chi connectivity index (χ4n) is 2.66. The van der Waals surface area contributed by atoms with Gasteiger partial charge in [-0.05, 0) is 12.5 Å². The fraction of sp³-hybridized carbons (Fsp3) is 0.375. The molecular weight excluding hydrogens is 340 g/mol. The zero-order valence-corrected chi connectivity index (χ0v) is 13.8. The lowest BCUT2D eigenvalue weighted by atomic mass is 10.3. The van der Waals surface area contributed by atoms with E-state index in [-0.39, 0.29) is 23.5 Å². The van der Waals surface area contributed by atoms with Crippen molar-refractivity contribution in [1.82, 2.24) is 19.9 Å². The van der Waals surface area contributed by atoms with E-state index in [9.17, 15) is 9.59 Å². The first-order valence-electron chi connectivity index (χ1n) is 8.04. The number of hydrogen-bond acceptors (Lipinski definition) is 8. The Balaban J connectivity index is 1.68. The molecule has 1 amide bonds. The molecule has 0 spiro atoms. The van der Waals surface area contributed by atoms with Gasteiger partial charge in [-0.2, -0.15) is 4.98 Å². The van der Waals surface area contributed by atoms with Crippen LogP contribution in [0.3, 0.4) is 0 Å². The molecule has 10 nitrogen and oxygen atoms in total. The highest BCUT2D eigenvalue weighted by Gasteiger charge is 2.25. The highest BCUT2D eigenvalue weighted by Crippen LogP contribution is 2.13. The molecule has 0 aliphatic carbocycles. The van der Waals surface area contributed by atoms with E-state index in [1.54, 1.807) is 6.07 Å². The number of aromatic amines is 1. The maximum absolute atomic E-state index is 12.0. The maximum Gasteiger partial charge on any atom is 0.298 e. The van der Waals surface area contributed by atoms with Crippen LogP contribution in [0.15, 0.2) is 28.2 Å². The fourth-order valence-corrected chi connectivity index (χ4v) is 2.66. The normalized spacial score (nSPS) is 18.3. The van der Waals surface area contributed by atoms with Gasteiger partial charge in [-0.15, -0.1) is 0 Å². The van der Waals surface area contributed by atoms with Gasteiger partial charge < -0.3 is 20.2 Å². The molecule has 0 bridgehead atoms. The van der Waals surface area contributed by atoms with Crippen LogP contribution in [0.2, 0.25) is 0 Å². The number of carbonyl (C=O) groups is 1. The predicted octanol–water partition coefficient (Wildman–Crippen LogP) is -0.621. The van der Waals surface area contributed by atoms with Gasteiger partial charge >= 0.3 is 0 Å². The molecule has 2 unspecified atom stereocenters. The van der Waals surface area contributed by atoms with Crippen LogP contribution in [0, 0.1) is 5.41 Å². The summed E-state index contributed by atoms with van der Waals surface area (Å²) in [5.74, 6) is -0.325. The van der Waals surface area contributed by atoms with E-state index in [2.05, 4.69) is 19.9 Å². The molecule has 2 atom stereocenters. The SMILES string of the molecule is N=CC(C=NC1CCN(C(=O)CO)C1)Oc1nc2cnccc2c(=O)[nH]1. The first-order valence-corrected chi connectivity index (χ1v) is 8.04. The number of aromatic nitrogens is 3. The van der Waals surface area contributed by atoms with E-state index in [1.807, 2.05) is 0 Å². The van der Waals surface area contributed by atoms with Gasteiger partial charge in [0.05, 0.1) is 23.1 Å². The topological polar surface area (TPSA) is 145 Å². The summed E-state index contributed by atoms with van der Waals surface area (Å²) in [6.07, 6.45) is 5.29. The lowest BCUT2D eigenvalue weighted by Crippen LogP contribution is -2.31. The molecule has 1 saturated heterocycles. The molecule has 3 N–H and O–H groups in total. The van der Waals surface area contributed by atoms with E-state index in [4.69, 9.17) is 15.3 Å². The molecule has 0 saturated carbocycles. The smallest absolute Gasteiger partial charge is 0.298 e. The minimum absolute atomic E-state index is 0.0287. The van der Waals surface area contributed by atoms with Crippen molar-refractivity contribution >= 4 is 29.2 Å². The van der Waals surface area contributed by atoms with Crippen molar-refractivity contribution in [3.63, 3.8) is 0 Å². The molecule has 0 aromatic carbocycles. The number of ether oxygens (including phenoxy) is 1. The summed E-state index contributed by atoms with van der Waals surface area (Å²) in [5.41, 5.74) is 0.0305. The van der Waals surface area contributed by atoms with Crippen LogP contribution in [-0.4, -0.2) is 75.1 Å². The Morgan fingerprint density at radius 2 is 2.46 bits per heavy atom. The number of H-pyrrole nitrogens is 1. The molecule has 3 rings (SSSR count). The van der Waals surface area contributed by atoms with Gasteiger partial charge in [-0.3, -0.25) is 24.5 Å². The molecule has 1 aliphatic rings. The number of aliphatic imine (C=N–C) groups is 1. The Morgan fingerprint density at radius 3 is 3.23 bits per heavy atom. The van der Waals surface area contributed by atoms with Crippen LogP contribution in [0.5, 0.6) is 6.01 Å². The molecular formula is C16H18N6O4. The van der Waals surface area contributed by atoms with Crippen molar-refractivity contribution in [3.05, 3.63) is 28.8 Å². The molecule has 3 heterocycles. The second kappa shape index (κ2) is 7.83. The highest BCUT2D eigenvalue weighted by atomic mass is 16.5. The van der Waals surface area contributed by atoms with Gasteiger partial charge in [0.2, 0.25) is 5.91 Å². The molecule has 1 fully saturated rings. The zero-order valence-electron chi connectivity index (χ0n) is 13.8. The lowest BCUT2D eigenvalue weighted by molar-refractivity contribution is -0.133. The largest absolute Gasteiger partial charge is 0.450 e. The van der Waals surface area contributed by atoms with E-state index in [0.717, 1.165) is 6.21 Å². The molecule has 1 aliphatic heterocycles. The first-order chi connectivity index (χ1) is 12.6. The molecule has 0 radical (unpaired) electrons. The van der Waals surface area contributed by atoms with Crippen LogP contribution in [0.25, 0.3) is 10.9 Å².